The Balaban J connectivity index is 1.57. The number of aryl methyl sites for hydroxylation is 1. The molecule has 0 atom stereocenters. The number of hydrogen-bond donors (Lipinski definition) is 1. The number of anilines is 2. The van der Waals surface area contributed by atoms with Crippen molar-refractivity contribution in [2.45, 2.75) is 20.3 Å². The Morgan fingerprint density at radius 3 is 2.78 bits per heavy atom. The van der Waals surface area contributed by atoms with Crippen LogP contribution < -0.4 is 10.2 Å². The SMILES string of the molecule is CC(=O)N1CCc2ccc(-c3csc(NC(=O)c4ccccc4C)n3)cc21. The molecule has 5 nitrogen and oxygen atoms in total. The number of hydrogen-bond acceptors (Lipinski definition) is 4. The lowest BCUT2D eigenvalue weighted by Crippen LogP contribution is -2.25. The van der Waals surface area contributed by atoms with E-state index in [2.05, 4.69) is 16.4 Å². The molecule has 2 amide bonds. The highest BCUT2D eigenvalue weighted by atomic mass is 32.1. The molecule has 1 aliphatic rings. The van der Waals surface area contributed by atoms with E-state index in [-0.39, 0.29) is 11.8 Å². The van der Waals surface area contributed by atoms with E-state index in [0.29, 0.717) is 10.7 Å². The molecular formula is C21H19N3O2S. The molecule has 0 radical (unpaired) electrons. The first kappa shape index (κ1) is 17.4. The van der Waals surface area contributed by atoms with Gasteiger partial charge in [0.25, 0.3) is 5.91 Å². The Labute approximate surface area is 161 Å². The van der Waals surface area contributed by atoms with Gasteiger partial charge in [0.1, 0.15) is 0 Å². The number of aromatic nitrogens is 1. The zero-order valence-electron chi connectivity index (χ0n) is 15.2. The molecule has 1 aromatic heterocycles. The Kier molecular flexibility index (Phi) is 4.49. The Morgan fingerprint density at radius 2 is 2.00 bits per heavy atom. The molecule has 1 N–H and O–H groups in total. The average Bonchev–Trinajstić information content (AvgIpc) is 3.28. The van der Waals surface area contributed by atoms with Crippen LogP contribution in [0.3, 0.4) is 0 Å². The van der Waals surface area contributed by atoms with E-state index in [0.717, 1.165) is 35.5 Å². The number of fused-ring (bicyclic) bond motifs is 1. The van der Waals surface area contributed by atoms with Crippen molar-refractivity contribution in [3.8, 4) is 11.3 Å². The summed E-state index contributed by atoms with van der Waals surface area (Å²) in [6.07, 6.45) is 0.879. The third-order valence-electron chi connectivity index (χ3n) is 4.77. The van der Waals surface area contributed by atoms with Gasteiger partial charge in [-0.2, -0.15) is 0 Å². The standard InChI is InChI=1S/C21H19N3O2S/c1-13-5-3-4-6-17(13)20(26)23-21-22-18(12-27-21)16-8-7-15-9-10-24(14(2)25)19(15)11-16/h3-8,11-12H,9-10H2,1-2H3,(H,22,23,26). The van der Waals surface area contributed by atoms with Gasteiger partial charge in [-0.25, -0.2) is 4.98 Å². The summed E-state index contributed by atoms with van der Waals surface area (Å²) in [6, 6.07) is 13.5. The minimum absolute atomic E-state index is 0.0513. The van der Waals surface area contributed by atoms with Gasteiger partial charge in [0.2, 0.25) is 5.91 Å². The molecule has 2 heterocycles. The molecule has 0 unspecified atom stereocenters. The van der Waals surface area contributed by atoms with E-state index < -0.39 is 0 Å². The predicted octanol–water partition coefficient (Wildman–Crippen LogP) is 4.28. The second-order valence-electron chi connectivity index (χ2n) is 6.57. The maximum Gasteiger partial charge on any atom is 0.257 e. The van der Waals surface area contributed by atoms with Gasteiger partial charge in [-0.3, -0.25) is 14.9 Å². The zero-order chi connectivity index (χ0) is 19.0. The Bertz CT molecular complexity index is 1040. The maximum atomic E-state index is 12.5. The lowest BCUT2D eigenvalue weighted by atomic mass is 10.1. The van der Waals surface area contributed by atoms with Gasteiger partial charge in [-0.1, -0.05) is 30.3 Å². The van der Waals surface area contributed by atoms with Crippen LogP contribution in [0.15, 0.2) is 47.8 Å². The first-order chi connectivity index (χ1) is 13.0. The highest BCUT2D eigenvalue weighted by Crippen LogP contribution is 2.34. The average molecular weight is 377 g/mol. The minimum atomic E-state index is -0.161. The van der Waals surface area contributed by atoms with Crippen LogP contribution in [-0.4, -0.2) is 23.3 Å². The van der Waals surface area contributed by atoms with Crippen LogP contribution in [0, 0.1) is 6.92 Å². The van der Waals surface area contributed by atoms with Gasteiger partial charge in [-0.15, -0.1) is 11.3 Å². The number of carbonyl (C=O) groups is 2. The van der Waals surface area contributed by atoms with Crippen LogP contribution >= 0.6 is 11.3 Å². The molecule has 0 fully saturated rings. The molecule has 2 aromatic carbocycles. The number of benzene rings is 2. The highest BCUT2D eigenvalue weighted by molar-refractivity contribution is 7.14. The Morgan fingerprint density at radius 1 is 1.19 bits per heavy atom. The fourth-order valence-corrected chi connectivity index (χ4v) is 4.04. The molecule has 27 heavy (non-hydrogen) atoms. The number of thiazole rings is 1. The topological polar surface area (TPSA) is 62.3 Å². The van der Waals surface area contributed by atoms with Crippen molar-refractivity contribution in [2.75, 3.05) is 16.8 Å². The fraction of sp³-hybridized carbons (Fsp3) is 0.190. The lowest BCUT2D eigenvalue weighted by Gasteiger charge is -2.15. The predicted molar refractivity (Wildman–Crippen MR) is 108 cm³/mol. The van der Waals surface area contributed by atoms with Crippen LogP contribution in [0.2, 0.25) is 0 Å². The first-order valence-electron chi connectivity index (χ1n) is 8.77. The van der Waals surface area contributed by atoms with Crippen molar-refractivity contribution in [1.29, 1.82) is 0 Å². The van der Waals surface area contributed by atoms with Crippen molar-refractivity contribution in [1.82, 2.24) is 4.98 Å². The number of rotatable bonds is 3. The van der Waals surface area contributed by atoms with Crippen LogP contribution in [0.25, 0.3) is 11.3 Å². The highest BCUT2D eigenvalue weighted by Gasteiger charge is 2.23. The van der Waals surface area contributed by atoms with Crippen molar-refractivity contribution >= 4 is 34.0 Å². The van der Waals surface area contributed by atoms with E-state index in [1.54, 1.807) is 17.9 Å². The van der Waals surface area contributed by atoms with Crippen molar-refractivity contribution in [3.05, 3.63) is 64.5 Å². The first-order valence-corrected chi connectivity index (χ1v) is 9.65. The monoisotopic (exact) mass is 377 g/mol. The van der Waals surface area contributed by atoms with Gasteiger partial charge in [0.05, 0.1) is 5.69 Å². The van der Waals surface area contributed by atoms with Crippen molar-refractivity contribution in [2.24, 2.45) is 0 Å². The quantitative estimate of drug-likeness (QED) is 0.741. The van der Waals surface area contributed by atoms with Crippen LogP contribution in [0.4, 0.5) is 10.8 Å². The number of nitrogens with zero attached hydrogens (tertiary/aromatic N) is 2. The second kappa shape index (κ2) is 6.96. The van der Waals surface area contributed by atoms with Crippen molar-refractivity contribution in [3.63, 3.8) is 0 Å². The number of amides is 2. The summed E-state index contributed by atoms with van der Waals surface area (Å²) in [7, 11) is 0. The molecule has 136 valence electrons. The van der Waals surface area contributed by atoms with Crippen LogP contribution in [-0.2, 0) is 11.2 Å². The fourth-order valence-electron chi connectivity index (χ4n) is 3.32. The summed E-state index contributed by atoms with van der Waals surface area (Å²) >= 11 is 1.39. The van der Waals surface area contributed by atoms with E-state index >= 15 is 0 Å². The van der Waals surface area contributed by atoms with E-state index in [4.69, 9.17) is 0 Å². The summed E-state index contributed by atoms with van der Waals surface area (Å²) in [6.45, 7) is 4.22. The molecule has 1 aliphatic heterocycles. The molecule has 0 bridgehead atoms. The molecule has 6 heteroatoms. The van der Waals surface area contributed by atoms with E-state index in [1.165, 1.54) is 16.9 Å². The summed E-state index contributed by atoms with van der Waals surface area (Å²) in [5, 5.41) is 5.35. The second-order valence-corrected chi connectivity index (χ2v) is 7.43. The summed E-state index contributed by atoms with van der Waals surface area (Å²) in [5.74, 6) is -0.110. The summed E-state index contributed by atoms with van der Waals surface area (Å²) in [5.41, 5.74) is 5.43. The molecule has 4 rings (SSSR count). The van der Waals surface area contributed by atoms with Gasteiger partial charge in [0.15, 0.2) is 5.13 Å². The van der Waals surface area contributed by atoms with Gasteiger partial charge >= 0.3 is 0 Å². The van der Waals surface area contributed by atoms with Crippen LogP contribution in [0.5, 0.6) is 0 Å². The minimum Gasteiger partial charge on any atom is -0.312 e. The maximum absolute atomic E-state index is 12.5. The van der Waals surface area contributed by atoms with E-state index in [1.807, 2.05) is 42.6 Å². The third kappa shape index (κ3) is 3.36. The third-order valence-corrected chi connectivity index (χ3v) is 5.53. The molecular weight excluding hydrogens is 358 g/mol. The van der Waals surface area contributed by atoms with Crippen LogP contribution in [0.1, 0.15) is 28.4 Å². The molecule has 0 saturated carbocycles. The lowest BCUT2D eigenvalue weighted by molar-refractivity contribution is -0.116. The number of nitrogens with one attached hydrogen (secondary N) is 1. The summed E-state index contributed by atoms with van der Waals surface area (Å²) in [4.78, 5) is 30.6. The number of carbonyl (C=O) groups excluding carboxylic acids is 2. The normalized spacial score (nSPS) is 12.7. The zero-order valence-corrected chi connectivity index (χ0v) is 16.0. The van der Waals surface area contributed by atoms with Gasteiger partial charge in [0, 0.05) is 35.7 Å². The van der Waals surface area contributed by atoms with Gasteiger partial charge < -0.3 is 4.90 Å². The summed E-state index contributed by atoms with van der Waals surface area (Å²) < 4.78 is 0. The van der Waals surface area contributed by atoms with Crippen molar-refractivity contribution < 1.29 is 9.59 Å². The largest absolute Gasteiger partial charge is 0.312 e. The smallest absolute Gasteiger partial charge is 0.257 e. The molecule has 0 spiro atoms. The van der Waals surface area contributed by atoms with Gasteiger partial charge in [-0.05, 0) is 36.6 Å². The van der Waals surface area contributed by atoms with E-state index in [9.17, 15) is 9.59 Å². The molecule has 3 aromatic rings. The Hall–Kier alpha value is -2.99. The molecule has 0 saturated heterocycles. The molecule has 0 aliphatic carbocycles.